The SMILES string of the molecule is Cc1ccc(Oc2ccccc2NC(=O)COCc2ccccc2)cc1. The van der Waals surface area contributed by atoms with Gasteiger partial charge in [0, 0.05) is 0 Å². The molecule has 0 aliphatic heterocycles. The van der Waals surface area contributed by atoms with Crippen LogP contribution >= 0.6 is 0 Å². The first kappa shape index (κ1) is 17.7. The number of hydrogen-bond donors (Lipinski definition) is 1. The molecule has 4 nitrogen and oxygen atoms in total. The Balaban J connectivity index is 1.57. The Morgan fingerprint density at radius 1 is 0.885 bits per heavy atom. The number of carbonyl (C=O) groups excluding carboxylic acids is 1. The van der Waals surface area contributed by atoms with E-state index in [9.17, 15) is 4.79 Å². The zero-order valence-electron chi connectivity index (χ0n) is 14.6. The largest absolute Gasteiger partial charge is 0.455 e. The lowest BCUT2D eigenvalue weighted by molar-refractivity contribution is -0.121. The fourth-order valence-corrected chi connectivity index (χ4v) is 2.41. The van der Waals surface area contributed by atoms with Crippen molar-refractivity contribution >= 4 is 11.6 Å². The summed E-state index contributed by atoms with van der Waals surface area (Å²) in [6, 6.07) is 24.9. The molecule has 132 valence electrons. The summed E-state index contributed by atoms with van der Waals surface area (Å²) in [5, 5.41) is 2.84. The van der Waals surface area contributed by atoms with E-state index in [1.54, 1.807) is 6.07 Å². The summed E-state index contributed by atoms with van der Waals surface area (Å²) in [6.07, 6.45) is 0. The Morgan fingerprint density at radius 2 is 1.58 bits per heavy atom. The quantitative estimate of drug-likeness (QED) is 0.658. The van der Waals surface area contributed by atoms with Crippen LogP contribution in [0.25, 0.3) is 0 Å². The molecular formula is C22H21NO3. The average Bonchev–Trinajstić information content (AvgIpc) is 2.66. The fraction of sp³-hybridized carbons (Fsp3) is 0.136. The standard InChI is InChI=1S/C22H21NO3/c1-17-11-13-19(14-12-17)26-21-10-6-5-9-20(21)23-22(24)16-25-15-18-7-3-2-4-8-18/h2-14H,15-16H2,1H3,(H,23,24). The Morgan fingerprint density at radius 3 is 2.35 bits per heavy atom. The minimum Gasteiger partial charge on any atom is -0.455 e. The van der Waals surface area contributed by atoms with Gasteiger partial charge in [0.05, 0.1) is 12.3 Å². The van der Waals surface area contributed by atoms with E-state index in [4.69, 9.17) is 9.47 Å². The Labute approximate surface area is 153 Å². The first-order valence-electron chi connectivity index (χ1n) is 8.46. The van der Waals surface area contributed by atoms with Crippen LogP contribution in [0, 0.1) is 6.92 Å². The van der Waals surface area contributed by atoms with Crippen LogP contribution in [0.3, 0.4) is 0 Å². The third-order valence-corrected chi connectivity index (χ3v) is 3.75. The van der Waals surface area contributed by atoms with E-state index in [1.807, 2.05) is 79.7 Å². The van der Waals surface area contributed by atoms with Crippen LogP contribution in [0.1, 0.15) is 11.1 Å². The van der Waals surface area contributed by atoms with Gasteiger partial charge in [0.25, 0.3) is 0 Å². The van der Waals surface area contributed by atoms with Gasteiger partial charge in [0.1, 0.15) is 12.4 Å². The molecule has 3 aromatic carbocycles. The van der Waals surface area contributed by atoms with Crippen molar-refractivity contribution in [1.82, 2.24) is 0 Å². The maximum absolute atomic E-state index is 12.2. The highest BCUT2D eigenvalue weighted by atomic mass is 16.5. The van der Waals surface area contributed by atoms with Crippen molar-refractivity contribution in [3.05, 3.63) is 90.0 Å². The van der Waals surface area contributed by atoms with Crippen molar-refractivity contribution in [3.63, 3.8) is 0 Å². The van der Waals surface area contributed by atoms with E-state index in [0.717, 1.165) is 16.9 Å². The van der Waals surface area contributed by atoms with Gasteiger partial charge in [-0.05, 0) is 36.8 Å². The number of amides is 1. The van der Waals surface area contributed by atoms with Crippen LogP contribution in [0.5, 0.6) is 11.5 Å². The first-order chi connectivity index (χ1) is 12.7. The minimum absolute atomic E-state index is 0.0201. The predicted molar refractivity (Wildman–Crippen MR) is 102 cm³/mol. The third-order valence-electron chi connectivity index (χ3n) is 3.75. The number of nitrogens with one attached hydrogen (secondary N) is 1. The highest BCUT2D eigenvalue weighted by molar-refractivity contribution is 5.93. The van der Waals surface area contributed by atoms with Crippen molar-refractivity contribution in [1.29, 1.82) is 0 Å². The van der Waals surface area contributed by atoms with Crippen molar-refractivity contribution < 1.29 is 14.3 Å². The molecule has 3 aromatic rings. The highest BCUT2D eigenvalue weighted by Gasteiger charge is 2.09. The van der Waals surface area contributed by atoms with Gasteiger partial charge in [-0.25, -0.2) is 0 Å². The van der Waals surface area contributed by atoms with E-state index < -0.39 is 0 Å². The Kier molecular flexibility index (Phi) is 6.01. The summed E-state index contributed by atoms with van der Waals surface area (Å²) in [6.45, 7) is 2.40. The number of para-hydroxylation sites is 2. The molecule has 0 atom stereocenters. The molecule has 0 aliphatic carbocycles. The molecular weight excluding hydrogens is 326 g/mol. The smallest absolute Gasteiger partial charge is 0.250 e. The number of rotatable bonds is 7. The number of carbonyl (C=O) groups is 1. The first-order valence-corrected chi connectivity index (χ1v) is 8.46. The summed E-state index contributed by atoms with van der Waals surface area (Å²) >= 11 is 0. The van der Waals surface area contributed by atoms with E-state index in [2.05, 4.69) is 5.32 Å². The maximum Gasteiger partial charge on any atom is 0.250 e. The molecule has 0 saturated carbocycles. The van der Waals surface area contributed by atoms with Crippen molar-refractivity contribution in [2.45, 2.75) is 13.5 Å². The number of hydrogen-bond acceptors (Lipinski definition) is 3. The van der Waals surface area contributed by atoms with Gasteiger partial charge < -0.3 is 14.8 Å². The Bertz CT molecular complexity index is 845. The van der Waals surface area contributed by atoms with Crippen LogP contribution < -0.4 is 10.1 Å². The lowest BCUT2D eigenvalue weighted by atomic mass is 10.2. The third kappa shape index (κ3) is 5.19. The number of ether oxygens (including phenoxy) is 2. The zero-order chi connectivity index (χ0) is 18.2. The van der Waals surface area contributed by atoms with Crippen LogP contribution in [0.15, 0.2) is 78.9 Å². The molecule has 0 bridgehead atoms. The summed E-state index contributed by atoms with van der Waals surface area (Å²) in [5.74, 6) is 1.09. The summed E-state index contributed by atoms with van der Waals surface area (Å²) in [5.41, 5.74) is 2.80. The fourth-order valence-electron chi connectivity index (χ4n) is 2.41. The number of benzene rings is 3. The van der Waals surface area contributed by atoms with Gasteiger partial charge in [-0.3, -0.25) is 4.79 Å². The molecule has 0 spiro atoms. The summed E-state index contributed by atoms with van der Waals surface area (Å²) in [7, 11) is 0. The molecule has 1 amide bonds. The number of aryl methyl sites for hydroxylation is 1. The molecule has 0 saturated heterocycles. The van der Waals surface area contributed by atoms with Gasteiger partial charge in [-0.15, -0.1) is 0 Å². The van der Waals surface area contributed by atoms with Gasteiger partial charge in [-0.2, -0.15) is 0 Å². The van der Waals surface area contributed by atoms with Crippen molar-refractivity contribution in [2.75, 3.05) is 11.9 Å². The molecule has 0 fully saturated rings. The normalized spacial score (nSPS) is 10.3. The van der Waals surface area contributed by atoms with Crippen molar-refractivity contribution in [2.24, 2.45) is 0 Å². The van der Waals surface area contributed by atoms with Gasteiger partial charge in [0.2, 0.25) is 5.91 Å². The zero-order valence-corrected chi connectivity index (χ0v) is 14.6. The molecule has 0 radical (unpaired) electrons. The van der Waals surface area contributed by atoms with E-state index in [1.165, 1.54) is 0 Å². The second-order valence-electron chi connectivity index (χ2n) is 5.94. The molecule has 26 heavy (non-hydrogen) atoms. The molecule has 4 heteroatoms. The second kappa shape index (κ2) is 8.83. The van der Waals surface area contributed by atoms with E-state index in [-0.39, 0.29) is 12.5 Å². The lowest BCUT2D eigenvalue weighted by Gasteiger charge is -2.12. The summed E-state index contributed by atoms with van der Waals surface area (Å²) < 4.78 is 11.4. The maximum atomic E-state index is 12.2. The van der Waals surface area contributed by atoms with E-state index in [0.29, 0.717) is 18.0 Å². The molecule has 3 rings (SSSR count). The topological polar surface area (TPSA) is 47.6 Å². The van der Waals surface area contributed by atoms with Crippen LogP contribution in [0.2, 0.25) is 0 Å². The Hall–Kier alpha value is -3.11. The highest BCUT2D eigenvalue weighted by Crippen LogP contribution is 2.29. The minimum atomic E-state index is -0.221. The molecule has 0 heterocycles. The molecule has 0 aliphatic rings. The van der Waals surface area contributed by atoms with Crippen LogP contribution in [0.4, 0.5) is 5.69 Å². The average molecular weight is 347 g/mol. The molecule has 0 unspecified atom stereocenters. The summed E-state index contributed by atoms with van der Waals surface area (Å²) in [4.78, 5) is 12.2. The monoisotopic (exact) mass is 347 g/mol. The molecule has 1 N–H and O–H groups in total. The van der Waals surface area contributed by atoms with Crippen LogP contribution in [-0.2, 0) is 16.1 Å². The second-order valence-corrected chi connectivity index (χ2v) is 5.94. The van der Waals surface area contributed by atoms with Gasteiger partial charge in [0.15, 0.2) is 5.75 Å². The van der Waals surface area contributed by atoms with Gasteiger partial charge in [-0.1, -0.05) is 60.2 Å². The van der Waals surface area contributed by atoms with Crippen LogP contribution in [-0.4, -0.2) is 12.5 Å². The number of anilines is 1. The van der Waals surface area contributed by atoms with Gasteiger partial charge >= 0.3 is 0 Å². The van der Waals surface area contributed by atoms with Crippen molar-refractivity contribution in [3.8, 4) is 11.5 Å². The molecule has 0 aromatic heterocycles. The predicted octanol–water partition coefficient (Wildman–Crippen LogP) is 4.94. The lowest BCUT2D eigenvalue weighted by Crippen LogP contribution is -2.18. The van der Waals surface area contributed by atoms with E-state index >= 15 is 0 Å².